The number of nitrogens with zero attached hydrogens (tertiary/aromatic N) is 2. The summed E-state index contributed by atoms with van der Waals surface area (Å²) in [4.78, 5) is 9.63. The standard InChI is InChI=1S/C16H18ClN3OS/c1-10-5-16(6-13(20-10)12-7-18-9-19-8-12)15-11(2-3-21-16)4-14(17)22-15/h4,7-10,13,20H,2-3,5-6H2,1H3. The van der Waals surface area contributed by atoms with Crippen molar-refractivity contribution in [3.05, 3.63) is 45.1 Å². The molecule has 4 rings (SSSR count). The van der Waals surface area contributed by atoms with Gasteiger partial charge in [0.2, 0.25) is 0 Å². The van der Waals surface area contributed by atoms with Crippen LogP contribution >= 0.6 is 22.9 Å². The fourth-order valence-electron chi connectivity index (χ4n) is 3.77. The number of rotatable bonds is 1. The molecule has 6 heteroatoms. The number of hydrogen-bond acceptors (Lipinski definition) is 5. The first-order chi connectivity index (χ1) is 10.7. The first-order valence-corrected chi connectivity index (χ1v) is 8.79. The van der Waals surface area contributed by atoms with Gasteiger partial charge < -0.3 is 10.1 Å². The summed E-state index contributed by atoms with van der Waals surface area (Å²) < 4.78 is 7.20. The van der Waals surface area contributed by atoms with E-state index in [4.69, 9.17) is 16.3 Å². The van der Waals surface area contributed by atoms with Gasteiger partial charge in [-0.2, -0.15) is 0 Å². The zero-order valence-corrected chi connectivity index (χ0v) is 14.0. The van der Waals surface area contributed by atoms with Gasteiger partial charge >= 0.3 is 0 Å². The molecule has 1 saturated heterocycles. The van der Waals surface area contributed by atoms with E-state index in [-0.39, 0.29) is 11.6 Å². The lowest BCUT2D eigenvalue weighted by molar-refractivity contribution is -0.0954. The Morgan fingerprint density at radius 2 is 2.18 bits per heavy atom. The van der Waals surface area contributed by atoms with Crippen molar-refractivity contribution in [2.24, 2.45) is 0 Å². The van der Waals surface area contributed by atoms with Crippen LogP contribution in [-0.2, 0) is 16.8 Å². The molecule has 2 aromatic heterocycles. The van der Waals surface area contributed by atoms with Crippen molar-refractivity contribution in [3.8, 4) is 0 Å². The van der Waals surface area contributed by atoms with E-state index in [9.17, 15) is 0 Å². The van der Waals surface area contributed by atoms with Crippen molar-refractivity contribution in [1.29, 1.82) is 0 Å². The fraction of sp³-hybridized carbons (Fsp3) is 0.500. The summed E-state index contributed by atoms with van der Waals surface area (Å²) >= 11 is 7.95. The van der Waals surface area contributed by atoms with E-state index in [1.807, 2.05) is 12.4 Å². The minimum Gasteiger partial charge on any atom is -0.369 e. The van der Waals surface area contributed by atoms with Crippen LogP contribution in [0.5, 0.6) is 0 Å². The highest BCUT2D eigenvalue weighted by Crippen LogP contribution is 2.49. The second-order valence-electron chi connectivity index (χ2n) is 6.20. The van der Waals surface area contributed by atoms with Gasteiger partial charge in [0.25, 0.3) is 0 Å². The highest BCUT2D eigenvalue weighted by atomic mass is 35.5. The zero-order chi connectivity index (χ0) is 15.2. The Kier molecular flexibility index (Phi) is 3.69. The van der Waals surface area contributed by atoms with Gasteiger partial charge in [-0.25, -0.2) is 9.97 Å². The maximum Gasteiger partial charge on any atom is 0.115 e. The van der Waals surface area contributed by atoms with E-state index in [0.717, 1.165) is 35.8 Å². The van der Waals surface area contributed by atoms with Crippen LogP contribution in [0, 0.1) is 0 Å². The molecule has 3 unspecified atom stereocenters. The Morgan fingerprint density at radius 3 is 3.00 bits per heavy atom. The molecule has 4 heterocycles. The topological polar surface area (TPSA) is 47.0 Å². The summed E-state index contributed by atoms with van der Waals surface area (Å²) in [5, 5.41) is 3.65. The lowest BCUT2D eigenvalue weighted by Gasteiger charge is -2.46. The van der Waals surface area contributed by atoms with Crippen LogP contribution in [0.4, 0.5) is 0 Å². The molecule has 0 aliphatic carbocycles. The molecule has 0 amide bonds. The molecule has 0 bridgehead atoms. The summed E-state index contributed by atoms with van der Waals surface area (Å²) in [7, 11) is 0. The monoisotopic (exact) mass is 335 g/mol. The maximum atomic E-state index is 6.34. The minimum atomic E-state index is -0.226. The van der Waals surface area contributed by atoms with Gasteiger partial charge in [-0.1, -0.05) is 11.6 Å². The average Bonchev–Trinajstić information content (AvgIpc) is 2.90. The van der Waals surface area contributed by atoms with Crippen molar-refractivity contribution < 1.29 is 4.74 Å². The Labute approximate surface area is 138 Å². The van der Waals surface area contributed by atoms with Crippen molar-refractivity contribution in [1.82, 2.24) is 15.3 Å². The van der Waals surface area contributed by atoms with Crippen LogP contribution in [0.3, 0.4) is 0 Å². The van der Waals surface area contributed by atoms with E-state index >= 15 is 0 Å². The molecule has 0 saturated carbocycles. The van der Waals surface area contributed by atoms with Crippen molar-refractivity contribution in [2.75, 3.05) is 6.61 Å². The number of piperidine rings is 1. The van der Waals surface area contributed by atoms with Crippen LogP contribution in [0.15, 0.2) is 24.8 Å². The summed E-state index contributed by atoms with van der Waals surface area (Å²) in [6.07, 6.45) is 8.18. The summed E-state index contributed by atoms with van der Waals surface area (Å²) in [6.45, 7) is 2.98. The predicted molar refractivity (Wildman–Crippen MR) is 87.3 cm³/mol. The summed E-state index contributed by atoms with van der Waals surface area (Å²) in [6, 6.07) is 2.68. The number of hydrogen-bond donors (Lipinski definition) is 1. The van der Waals surface area contributed by atoms with Crippen LogP contribution in [0.2, 0.25) is 4.34 Å². The van der Waals surface area contributed by atoms with Gasteiger partial charge in [-0.15, -0.1) is 11.3 Å². The molecule has 116 valence electrons. The Hall–Kier alpha value is -1.01. The van der Waals surface area contributed by atoms with Crippen LogP contribution in [0.25, 0.3) is 0 Å². The van der Waals surface area contributed by atoms with E-state index in [2.05, 4.69) is 28.3 Å². The Morgan fingerprint density at radius 1 is 1.36 bits per heavy atom. The van der Waals surface area contributed by atoms with Gasteiger partial charge in [-0.3, -0.25) is 0 Å². The van der Waals surface area contributed by atoms with E-state index < -0.39 is 0 Å². The molecule has 2 aromatic rings. The lowest BCUT2D eigenvalue weighted by Crippen LogP contribution is -2.49. The number of halogens is 1. The largest absolute Gasteiger partial charge is 0.369 e. The fourth-order valence-corrected chi connectivity index (χ4v) is 5.23. The first-order valence-electron chi connectivity index (χ1n) is 7.60. The molecule has 1 fully saturated rings. The second-order valence-corrected chi connectivity index (χ2v) is 7.88. The predicted octanol–water partition coefficient (Wildman–Crippen LogP) is 3.47. The SMILES string of the molecule is CC1CC2(CC(c3cncnc3)N1)OCCc1cc(Cl)sc12. The third-order valence-electron chi connectivity index (χ3n) is 4.58. The number of ether oxygens (including phenoxy) is 1. The molecule has 2 aliphatic rings. The van der Waals surface area contributed by atoms with Crippen LogP contribution in [-0.4, -0.2) is 22.6 Å². The van der Waals surface area contributed by atoms with Gasteiger partial charge in [-0.05, 0) is 31.4 Å². The van der Waals surface area contributed by atoms with Gasteiger partial charge in [0, 0.05) is 41.3 Å². The molecule has 0 aromatic carbocycles. The van der Waals surface area contributed by atoms with Crippen LogP contribution < -0.4 is 5.32 Å². The van der Waals surface area contributed by atoms with Gasteiger partial charge in [0.15, 0.2) is 0 Å². The first kappa shape index (κ1) is 14.6. The third kappa shape index (κ3) is 2.46. The molecule has 1 spiro atoms. The number of aromatic nitrogens is 2. The maximum absolute atomic E-state index is 6.34. The van der Waals surface area contributed by atoms with Gasteiger partial charge in [0.05, 0.1) is 10.9 Å². The number of nitrogens with one attached hydrogen (secondary N) is 1. The smallest absolute Gasteiger partial charge is 0.115 e. The van der Waals surface area contributed by atoms with Gasteiger partial charge in [0.1, 0.15) is 11.9 Å². The minimum absolute atomic E-state index is 0.205. The highest BCUT2D eigenvalue weighted by Gasteiger charge is 2.46. The van der Waals surface area contributed by atoms with E-state index in [1.165, 1.54) is 10.4 Å². The van der Waals surface area contributed by atoms with E-state index in [1.54, 1.807) is 17.7 Å². The molecular formula is C16H18ClN3OS. The summed E-state index contributed by atoms with van der Waals surface area (Å²) in [5.41, 5.74) is 2.25. The molecule has 1 N–H and O–H groups in total. The molecular weight excluding hydrogens is 318 g/mol. The molecule has 4 nitrogen and oxygen atoms in total. The zero-order valence-electron chi connectivity index (χ0n) is 12.4. The van der Waals surface area contributed by atoms with E-state index in [0.29, 0.717) is 6.04 Å². The number of thiophene rings is 1. The van der Waals surface area contributed by atoms with Crippen molar-refractivity contribution >= 4 is 22.9 Å². The molecule has 2 aliphatic heterocycles. The molecule has 3 atom stereocenters. The molecule has 0 radical (unpaired) electrons. The quantitative estimate of drug-likeness (QED) is 0.866. The van der Waals surface area contributed by atoms with Crippen molar-refractivity contribution in [2.45, 2.75) is 43.9 Å². The normalized spacial score (nSPS) is 31.2. The molecule has 22 heavy (non-hydrogen) atoms. The third-order valence-corrected chi connectivity index (χ3v) is 6.07. The number of fused-ring (bicyclic) bond motifs is 2. The Bertz CT molecular complexity index is 677. The summed E-state index contributed by atoms with van der Waals surface area (Å²) in [5.74, 6) is 0. The highest BCUT2D eigenvalue weighted by molar-refractivity contribution is 7.16. The lowest BCUT2D eigenvalue weighted by atomic mass is 9.78. The Balaban J connectivity index is 1.73. The second kappa shape index (κ2) is 5.57. The van der Waals surface area contributed by atoms with Crippen molar-refractivity contribution in [3.63, 3.8) is 0 Å². The van der Waals surface area contributed by atoms with Crippen LogP contribution in [0.1, 0.15) is 41.8 Å². The average molecular weight is 336 g/mol.